The van der Waals surface area contributed by atoms with Crippen LogP contribution in [0.4, 0.5) is 4.79 Å². The summed E-state index contributed by atoms with van der Waals surface area (Å²) in [5.41, 5.74) is -0.829. The fourth-order valence-corrected chi connectivity index (χ4v) is 2.11. The van der Waals surface area contributed by atoms with Gasteiger partial charge in [0.2, 0.25) is 0 Å². The third-order valence-electron chi connectivity index (χ3n) is 2.68. The number of urea groups is 1. The maximum absolute atomic E-state index is 11.6. The van der Waals surface area contributed by atoms with E-state index in [0.717, 1.165) is 12.2 Å². The van der Waals surface area contributed by atoms with Crippen molar-refractivity contribution in [1.82, 2.24) is 10.6 Å². The van der Waals surface area contributed by atoms with Crippen LogP contribution in [0.2, 0.25) is 0 Å². The number of thioether (sulfide) groups is 1. The van der Waals surface area contributed by atoms with Crippen LogP contribution in [0.15, 0.2) is 0 Å². The molecule has 0 rings (SSSR count). The Bertz CT molecular complexity index is 245. The lowest BCUT2D eigenvalue weighted by atomic mass is 9.95. The predicted molar refractivity (Wildman–Crippen MR) is 79.1 cm³/mol. The molecule has 0 aromatic carbocycles. The highest BCUT2D eigenvalue weighted by Gasteiger charge is 2.21. The molecular formula is C13H28N2O2S. The van der Waals surface area contributed by atoms with Gasteiger partial charge in [0.1, 0.15) is 0 Å². The van der Waals surface area contributed by atoms with Crippen LogP contribution in [0, 0.1) is 5.92 Å². The number of nitrogens with one attached hydrogen (secondary N) is 2. The van der Waals surface area contributed by atoms with E-state index in [9.17, 15) is 9.90 Å². The first-order valence-corrected chi connectivity index (χ1v) is 7.92. The Morgan fingerprint density at radius 2 is 2.00 bits per heavy atom. The smallest absolute Gasteiger partial charge is 0.315 e. The van der Waals surface area contributed by atoms with Gasteiger partial charge in [0, 0.05) is 18.3 Å². The molecule has 2 amide bonds. The average molecular weight is 276 g/mol. The van der Waals surface area contributed by atoms with E-state index in [2.05, 4.69) is 24.5 Å². The molecule has 2 unspecified atom stereocenters. The number of amides is 2. The summed E-state index contributed by atoms with van der Waals surface area (Å²) < 4.78 is 0. The van der Waals surface area contributed by atoms with Gasteiger partial charge in [-0.15, -0.1) is 0 Å². The normalized spacial score (nSPS) is 16.2. The van der Waals surface area contributed by atoms with Crippen molar-refractivity contribution in [3.8, 4) is 0 Å². The molecule has 108 valence electrons. The topological polar surface area (TPSA) is 61.4 Å². The van der Waals surface area contributed by atoms with Crippen LogP contribution >= 0.6 is 11.8 Å². The SMILES string of the molecule is CSCC(C)NC(=O)NCC(C)(O)CCC(C)C. The van der Waals surface area contributed by atoms with Crippen LogP contribution in [0.25, 0.3) is 0 Å². The Hall–Kier alpha value is -0.420. The molecule has 0 saturated carbocycles. The Labute approximate surface area is 115 Å². The summed E-state index contributed by atoms with van der Waals surface area (Å²) in [4.78, 5) is 11.6. The number of hydrogen-bond acceptors (Lipinski definition) is 3. The van der Waals surface area contributed by atoms with Gasteiger partial charge >= 0.3 is 6.03 Å². The van der Waals surface area contributed by atoms with E-state index in [0.29, 0.717) is 12.3 Å². The van der Waals surface area contributed by atoms with Crippen LogP contribution in [0.3, 0.4) is 0 Å². The van der Waals surface area contributed by atoms with Gasteiger partial charge in [-0.3, -0.25) is 0 Å². The van der Waals surface area contributed by atoms with Crippen molar-refractivity contribution >= 4 is 17.8 Å². The molecule has 0 saturated heterocycles. The number of hydrogen-bond donors (Lipinski definition) is 3. The van der Waals surface area contributed by atoms with Gasteiger partial charge in [0.05, 0.1) is 5.60 Å². The zero-order valence-electron chi connectivity index (χ0n) is 12.2. The molecule has 0 heterocycles. The van der Waals surface area contributed by atoms with E-state index in [1.807, 2.05) is 13.2 Å². The Kier molecular flexibility index (Phi) is 8.44. The average Bonchev–Trinajstić information content (AvgIpc) is 2.24. The Balaban J connectivity index is 3.88. The molecule has 0 radical (unpaired) electrons. The van der Waals surface area contributed by atoms with E-state index in [1.165, 1.54) is 0 Å². The molecule has 4 nitrogen and oxygen atoms in total. The second-order valence-corrected chi connectivity index (χ2v) is 6.52. The van der Waals surface area contributed by atoms with Gasteiger partial charge < -0.3 is 15.7 Å². The second-order valence-electron chi connectivity index (χ2n) is 5.61. The van der Waals surface area contributed by atoms with E-state index in [-0.39, 0.29) is 18.6 Å². The highest BCUT2D eigenvalue weighted by atomic mass is 32.2. The minimum Gasteiger partial charge on any atom is -0.388 e. The summed E-state index contributed by atoms with van der Waals surface area (Å²) in [6.45, 7) is 8.27. The number of aliphatic hydroxyl groups is 1. The van der Waals surface area contributed by atoms with Crippen molar-refractivity contribution in [2.75, 3.05) is 18.6 Å². The van der Waals surface area contributed by atoms with E-state index in [4.69, 9.17) is 0 Å². The fourth-order valence-electron chi connectivity index (χ4n) is 1.53. The van der Waals surface area contributed by atoms with Crippen molar-refractivity contribution in [3.05, 3.63) is 0 Å². The van der Waals surface area contributed by atoms with Gasteiger partial charge in [-0.25, -0.2) is 4.79 Å². The molecule has 0 spiro atoms. The van der Waals surface area contributed by atoms with E-state index in [1.54, 1.807) is 18.7 Å². The van der Waals surface area contributed by atoms with Crippen LogP contribution in [-0.4, -0.2) is 41.3 Å². The maximum Gasteiger partial charge on any atom is 0.315 e. The molecule has 0 aromatic heterocycles. The molecule has 3 N–H and O–H groups in total. The number of carbonyl (C=O) groups excluding carboxylic acids is 1. The lowest BCUT2D eigenvalue weighted by Gasteiger charge is -2.25. The summed E-state index contributed by atoms with van der Waals surface area (Å²) >= 11 is 1.69. The summed E-state index contributed by atoms with van der Waals surface area (Å²) in [7, 11) is 0. The summed E-state index contributed by atoms with van der Waals surface area (Å²) in [5.74, 6) is 1.45. The van der Waals surface area contributed by atoms with Gasteiger partial charge in [-0.1, -0.05) is 13.8 Å². The van der Waals surface area contributed by atoms with Crippen LogP contribution < -0.4 is 10.6 Å². The molecular weight excluding hydrogens is 248 g/mol. The molecule has 0 fully saturated rings. The highest BCUT2D eigenvalue weighted by Crippen LogP contribution is 2.15. The van der Waals surface area contributed by atoms with E-state index >= 15 is 0 Å². The standard InChI is InChI=1S/C13H28N2O2S/c1-10(2)6-7-13(4,17)9-14-12(16)15-11(3)8-18-5/h10-11,17H,6-9H2,1-5H3,(H2,14,15,16). The lowest BCUT2D eigenvalue weighted by molar-refractivity contribution is 0.0476. The monoisotopic (exact) mass is 276 g/mol. The number of rotatable bonds is 8. The third kappa shape index (κ3) is 9.59. The van der Waals surface area contributed by atoms with Crippen molar-refractivity contribution in [1.29, 1.82) is 0 Å². The number of carbonyl (C=O) groups is 1. The van der Waals surface area contributed by atoms with Gasteiger partial charge in [0.25, 0.3) is 0 Å². The van der Waals surface area contributed by atoms with Crippen molar-refractivity contribution in [2.24, 2.45) is 5.92 Å². The molecule has 0 aliphatic carbocycles. The predicted octanol–water partition coefficient (Wildman–Crippen LogP) is 2.22. The van der Waals surface area contributed by atoms with Crippen molar-refractivity contribution < 1.29 is 9.90 Å². The first-order chi connectivity index (χ1) is 8.26. The van der Waals surface area contributed by atoms with Crippen LogP contribution in [0.5, 0.6) is 0 Å². The largest absolute Gasteiger partial charge is 0.388 e. The van der Waals surface area contributed by atoms with Gasteiger partial charge in [-0.2, -0.15) is 11.8 Å². The van der Waals surface area contributed by atoms with E-state index < -0.39 is 5.60 Å². The first kappa shape index (κ1) is 17.6. The lowest BCUT2D eigenvalue weighted by Crippen LogP contribution is -2.47. The fraction of sp³-hybridized carbons (Fsp3) is 0.923. The Morgan fingerprint density at radius 1 is 1.39 bits per heavy atom. The summed E-state index contributed by atoms with van der Waals surface area (Å²) in [6.07, 6.45) is 3.66. The minimum atomic E-state index is -0.829. The zero-order chi connectivity index (χ0) is 14.2. The summed E-state index contributed by atoms with van der Waals surface area (Å²) in [6, 6.07) is -0.0676. The minimum absolute atomic E-state index is 0.139. The van der Waals surface area contributed by atoms with Crippen molar-refractivity contribution in [2.45, 2.75) is 52.2 Å². The molecule has 0 aliphatic rings. The van der Waals surface area contributed by atoms with Crippen molar-refractivity contribution in [3.63, 3.8) is 0 Å². The molecule has 2 atom stereocenters. The second kappa shape index (κ2) is 8.64. The van der Waals surface area contributed by atoms with Crippen LogP contribution in [-0.2, 0) is 0 Å². The molecule has 18 heavy (non-hydrogen) atoms. The zero-order valence-corrected chi connectivity index (χ0v) is 13.1. The molecule has 5 heteroatoms. The third-order valence-corrected chi connectivity index (χ3v) is 3.52. The van der Waals surface area contributed by atoms with Crippen LogP contribution in [0.1, 0.15) is 40.5 Å². The first-order valence-electron chi connectivity index (χ1n) is 6.52. The van der Waals surface area contributed by atoms with Gasteiger partial charge in [0.15, 0.2) is 0 Å². The molecule has 0 aromatic rings. The maximum atomic E-state index is 11.6. The van der Waals surface area contributed by atoms with Gasteiger partial charge in [-0.05, 0) is 38.9 Å². The quantitative estimate of drug-likeness (QED) is 0.637. The highest BCUT2D eigenvalue weighted by molar-refractivity contribution is 7.98. The molecule has 0 bridgehead atoms. The molecule has 0 aliphatic heterocycles. The Morgan fingerprint density at radius 3 is 2.50 bits per heavy atom. The summed E-state index contributed by atoms with van der Waals surface area (Å²) in [5, 5.41) is 15.7.